The van der Waals surface area contributed by atoms with Gasteiger partial charge in [0.15, 0.2) is 0 Å². The number of rotatable bonds is 3. The van der Waals surface area contributed by atoms with Gasteiger partial charge in [0, 0.05) is 38.2 Å². The number of nitrogens with zero attached hydrogens (tertiary/aromatic N) is 5. The van der Waals surface area contributed by atoms with E-state index in [9.17, 15) is 9.59 Å². The van der Waals surface area contributed by atoms with E-state index in [-0.39, 0.29) is 11.1 Å². The number of hydrogen-bond acceptors (Lipinski definition) is 5. The lowest BCUT2D eigenvalue weighted by Crippen LogP contribution is -2.50. The van der Waals surface area contributed by atoms with Crippen LogP contribution in [0.1, 0.15) is 17.7 Å². The summed E-state index contributed by atoms with van der Waals surface area (Å²) in [4.78, 5) is 25.6. The summed E-state index contributed by atoms with van der Waals surface area (Å²) < 4.78 is 2.95. The molecule has 23 heavy (non-hydrogen) atoms. The maximum absolute atomic E-state index is 12.1. The van der Waals surface area contributed by atoms with Crippen molar-refractivity contribution in [2.75, 3.05) is 18.0 Å². The molecule has 120 valence electrons. The first-order valence-electron chi connectivity index (χ1n) is 7.99. The van der Waals surface area contributed by atoms with Crippen LogP contribution < -0.4 is 16.0 Å². The van der Waals surface area contributed by atoms with E-state index >= 15 is 0 Å². The van der Waals surface area contributed by atoms with E-state index in [0.29, 0.717) is 12.5 Å². The molecule has 7 nitrogen and oxygen atoms in total. The van der Waals surface area contributed by atoms with E-state index in [1.165, 1.54) is 10.7 Å². The molecule has 0 unspecified atom stereocenters. The van der Waals surface area contributed by atoms with Crippen LogP contribution in [0.25, 0.3) is 0 Å². The van der Waals surface area contributed by atoms with E-state index in [2.05, 4.69) is 15.1 Å². The van der Waals surface area contributed by atoms with Crippen molar-refractivity contribution in [1.82, 2.24) is 19.6 Å². The number of fused-ring (bicyclic) bond motifs is 1. The summed E-state index contributed by atoms with van der Waals surface area (Å²) in [7, 11) is 1.65. The molecule has 1 aliphatic heterocycles. The second-order valence-electron chi connectivity index (χ2n) is 6.41. The SMILES string of the molecule is Cn1nc(N2CC(Cn3nc4c(cc3=O)CCC4)C2)ccc1=O. The zero-order valence-electron chi connectivity index (χ0n) is 13.1. The molecule has 2 aliphatic rings. The molecule has 1 saturated heterocycles. The summed E-state index contributed by atoms with van der Waals surface area (Å²) >= 11 is 0. The van der Waals surface area contributed by atoms with Crippen molar-refractivity contribution in [3.8, 4) is 0 Å². The molecule has 0 spiro atoms. The van der Waals surface area contributed by atoms with Crippen LogP contribution in [-0.2, 0) is 26.4 Å². The molecule has 3 heterocycles. The first-order valence-corrected chi connectivity index (χ1v) is 7.99. The Hall–Kier alpha value is -2.44. The van der Waals surface area contributed by atoms with Gasteiger partial charge in [-0.2, -0.15) is 10.2 Å². The summed E-state index contributed by atoms with van der Waals surface area (Å²) in [6, 6.07) is 5.03. The summed E-state index contributed by atoms with van der Waals surface area (Å²) in [6.45, 7) is 2.31. The number of aryl methyl sites for hydroxylation is 3. The Morgan fingerprint density at radius 3 is 2.74 bits per heavy atom. The van der Waals surface area contributed by atoms with E-state index in [1.807, 2.05) is 0 Å². The largest absolute Gasteiger partial charge is 0.354 e. The molecular formula is C16H19N5O2. The minimum absolute atomic E-state index is 0.00401. The quantitative estimate of drug-likeness (QED) is 0.795. The second-order valence-corrected chi connectivity index (χ2v) is 6.41. The highest BCUT2D eigenvalue weighted by Gasteiger charge is 2.29. The monoisotopic (exact) mass is 313 g/mol. The Labute approximate surface area is 133 Å². The molecule has 0 radical (unpaired) electrons. The minimum Gasteiger partial charge on any atom is -0.354 e. The van der Waals surface area contributed by atoms with Crippen molar-refractivity contribution in [2.45, 2.75) is 25.8 Å². The minimum atomic E-state index is -0.111. The molecule has 2 aromatic rings. The van der Waals surface area contributed by atoms with Gasteiger partial charge in [-0.3, -0.25) is 9.59 Å². The van der Waals surface area contributed by atoms with Crippen LogP contribution in [0.2, 0.25) is 0 Å². The molecule has 0 bridgehead atoms. The first kappa shape index (κ1) is 14.2. The number of aromatic nitrogens is 4. The molecule has 7 heteroatoms. The van der Waals surface area contributed by atoms with E-state index in [4.69, 9.17) is 0 Å². The predicted octanol–water partition coefficient (Wildman–Crippen LogP) is -0.0379. The molecule has 1 fully saturated rings. The molecule has 0 aromatic carbocycles. The van der Waals surface area contributed by atoms with Gasteiger partial charge in [0.05, 0.1) is 12.2 Å². The van der Waals surface area contributed by atoms with Gasteiger partial charge in [0.1, 0.15) is 5.82 Å². The second kappa shape index (κ2) is 5.33. The van der Waals surface area contributed by atoms with E-state index < -0.39 is 0 Å². The van der Waals surface area contributed by atoms with Gasteiger partial charge < -0.3 is 4.90 Å². The zero-order chi connectivity index (χ0) is 16.0. The molecule has 0 amide bonds. The summed E-state index contributed by atoms with van der Waals surface area (Å²) in [5, 5.41) is 8.77. The Bertz CT molecular complexity index is 864. The average molecular weight is 313 g/mol. The summed E-state index contributed by atoms with van der Waals surface area (Å²) in [6.07, 6.45) is 3.06. The van der Waals surface area contributed by atoms with E-state index in [0.717, 1.165) is 49.4 Å². The summed E-state index contributed by atoms with van der Waals surface area (Å²) in [5.41, 5.74) is 2.10. The van der Waals surface area contributed by atoms with Crippen molar-refractivity contribution in [3.63, 3.8) is 0 Å². The molecule has 2 aromatic heterocycles. The Morgan fingerprint density at radius 1 is 1.13 bits per heavy atom. The fraction of sp³-hybridized carbons (Fsp3) is 0.500. The highest BCUT2D eigenvalue weighted by atomic mass is 16.1. The van der Waals surface area contributed by atoms with Gasteiger partial charge >= 0.3 is 0 Å². The third-order valence-electron chi connectivity index (χ3n) is 4.68. The van der Waals surface area contributed by atoms with Gasteiger partial charge in [-0.05, 0) is 30.9 Å². The number of hydrogen-bond donors (Lipinski definition) is 0. The normalized spacial score (nSPS) is 17.2. The van der Waals surface area contributed by atoms with Crippen LogP contribution in [0, 0.1) is 5.92 Å². The third kappa shape index (κ3) is 2.56. The van der Waals surface area contributed by atoms with Gasteiger partial charge in [0.2, 0.25) is 0 Å². The molecular weight excluding hydrogens is 294 g/mol. The van der Waals surface area contributed by atoms with Gasteiger partial charge in [0.25, 0.3) is 11.1 Å². The standard InChI is InChI=1S/C16H19N5O2/c1-19-15(22)6-5-14(18-19)20-8-11(9-20)10-21-16(23)7-12-3-2-4-13(12)17-21/h5-7,11H,2-4,8-10H2,1H3. The summed E-state index contributed by atoms with van der Waals surface area (Å²) in [5.74, 6) is 1.19. The lowest BCUT2D eigenvalue weighted by Gasteiger charge is -2.40. The average Bonchev–Trinajstić information content (AvgIpc) is 2.92. The molecule has 0 atom stereocenters. The molecule has 4 rings (SSSR count). The van der Waals surface area contributed by atoms with Crippen molar-refractivity contribution in [1.29, 1.82) is 0 Å². The smallest absolute Gasteiger partial charge is 0.267 e. The zero-order valence-corrected chi connectivity index (χ0v) is 13.1. The third-order valence-corrected chi connectivity index (χ3v) is 4.68. The Balaban J connectivity index is 1.44. The first-order chi connectivity index (χ1) is 11.1. The van der Waals surface area contributed by atoms with Gasteiger partial charge in [-0.15, -0.1) is 0 Å². The lowest BCUT2D eigenvalue weighted by atomic mass is 10.0. The fourth-order valence-electron chi connectivity index (χ4n) is 3.35. The van der Waals surface area contributed by atoms with E-state index in [1.54, 1.807) is 23.9 Å². The Kier molecular flexibility index (Phi) is 3.28. The number of anilines is 1. The van der Waals surface area contributed by atoms with Crippen LogP contribution in [0.4, 0.5) is 5.82 Å². The van der Waals surface area contributed by atoms with Crippen LogP contribution in [0.5, 0.6) is 0 Å². The van der Waals surface area contributed by atoms with Crippen molar-refractivity contribution in [2.24, 2.45) is 13.0 Å². The maximum atomic E-state index is 12.1. The molecule has 1 aliphatic carbocycles. The van der Waals surface area contributed by atoms with Crippen LogP contribution in [-0.4, -0.2) is 32.7 Å². The maximum Gasteiger partial charge on any atom is 0.267 e. The fourth-order valence-corrected chi connectivity index (χ4v) is 3.35. The van der Waals surface area contributed by atoms with Crippen molar-refractivity contribution < 1.29 is 0 Å². The highest BCUT2D eigenvalue weighted by molar-refractivity contribution is 5.39. The van der Waals surface area contributed by atoms with Gasteiger partial charge in [-0.1, -0.05) is 0 Å². The lowest BCUT2D eigenvalue weighted by molar-refractivity contribution is 0.330. The molecule has 0 saturated carbocycles. The van der Waals surface area contributed by atoms with Gasteiger partial charge in [-0.25, -0.2) is 9.36 Å². The van der Waals surface area contributed by atoms with Crippen LogP contribution in [0.15, 0.2) is 27.8 Å². The predicted molar refractivity (Wildman–Crippen MR) is 85.7 cm³/mol. The van der Waals surface area contributed by atoms with Crippen molar-refractivity contribution >= 4 is 5.82 Å². The van der Waals surface area contributed by atoms with Crippen LogP contribution >= 0.6 is 0 Å². The highest BCUT2D eigenvalue weighted by Crippen LogP contribution is 2.23. The van der Waals surface area contributed by atoms with Crippen LogP contribution in [0.3, 0.4) is 0 Å². The topological polar surface area (TPSA) is 73.0 Å². The van der Waals surface area contributed by atoms with Crippen molar-refractivity contribution in [3.05, 3.63) is 50.2 Å². The molecule has 0 N–H and O–H groups in total. The Morgan fingerprint density at radius 2 is 1.96 bits per heavy atom.